The molecule has 0 aromatic carbocycles. The van der Waals surface area contributed by atoms with E-state index in [1.807, 2.05) is 0 Å². The minimum atomic E-state index is -5.91. The van der Waals surface area contributed by atoms with E-state index in [0.29, 0.717) is 0 Å². The normalized spacial score (nSPS) is 16.0. The van der Waals surface area contributed by atoms with Gasteiger partial charge in [-0.2, -0.15) is 35.1 Å². The quantitative estimate of drug-likeness (QED) is 0.424. The highest BCUT2D eigenvalue weighted by Crippen LogP contribution is 2.43. The van der Waals surface area contributed by atoms with Gasteiger partial charge in [0.15, 0.2) is 0 Å². The average Bonchev–Trinajstić information content (AvgIpc) is 2.23. The highest BCUT2D eigenvalue weighted by atomic mass is 19.4. The molecule has 21 heavy (non-hydrogen) atoms. The first-order chi connectivity index (χ1) is 9.23. The van der Waals surface area contributed by atoms with Crippen LogP contribution in [0.1, 0.15) is 25.7 Å². The zero-order valence-corrected chi connectivity index (χ0v) is 10.1. The largest absolute Gasteiger partial charge is 0.428 e. The minimum absolute atomic E-state index is 0.944. The van der Waals surface area contributed by atoms with Crippen molar-refractivity contribution in [2.75, 3.05) is 0 Å². The Morgan fingerprint density at radius 1 is 0.810 bits per heavy atom. The van der Waals surface area contributed by atoms with Crippen molar-refractivity contribution < 1.29 is 48.3 Å². The molecule has 0 saturated carbocycles. The van der Waals surface area contributed by atoms with E-state index in [-0.39, 0.29) is 0 Å². The van der Waals surface area contributed by atoms with Crippen LogP contribution < -0.4 is 0 Å². The Balaban J connectivity index is 4.67. The van der Waals surface area contributed by atoms with Crippen molar-refractivity contribution in [1.29, 1.82) is 0 Å². The predicted molar refractivity (Wildman–Crippen MR) is 49.7 cm³/mol. The maximum atomic E-state index is 13.1. The summed E-state index contributed by atoms with van der Waals surface area (Å²) in [5.41, 5.74) is -7.14. The van der Waals surface area contributed by atoms with Gasteiger partial charge >= 0.3 is 12.4 Å². The maximum absolute atomic E-state index is 13.1. The van der Waals surface area contributed by atoms with Gasteiger partial charge in [0.05, 0.1) is 5.57 Å². The van der Waals surface area contributed by atoms with Gasteiger partial charge in [-0.25, -0.2) is 13.2 Å². The Bertz CT molecular complexity index is 360. The van der Waals surface area contributed by atoms with E-state index in [0.717, 1.165) is 0 Å². The molecule has 0 aliphatic heterocycles. The van der Waals surface area contributed by atoms with Crippen molar-refractivity contribution in [3.8, 4) is 0 Å². The smallest absolute Gasteiger partial charge is 0.227 e. The molecule has 0 heterocycles. The second-order valence-electron chi connectivity index (χ2n) is 4.10. The third-order valence-corrected chi connectivity index (χ3v) is 2.60. The number of rotatable bonds is 6. The Morgan fingerprint density at radius 2 is 1.29 bits per heavy atom. The standard InChI is InChI=1S/C10H9F11/c11-6(12)5(9(16,17)18)3-1-2-4-8(15,7(13)14)10(19,20)21/h7H,1-4H2. The van der Waals surface area contributed by atoms with Gasteiger partial charge in [-0.05, 0) is 25.7 Å². The van der Waals surface area contributed by atoms with Crippen LogP contribution >= 0.6 is 0 Å². The van der Waals surface area contributed by atoms with Gasteiger partial charge in [-0.3, -0.25) is 0 Å². The lowest BCUT2D eigenvalue weighted by atomic mass is 9.96. The van der Waals surface area contributed by atoms with Crippen molar-refractivity contribution in [1.82, 2.24) is 0 Å². The highest BCUT2D eigenvalue weighted by molar-refractivity contribution is 5.09. The number of hydrogen-bond donors (Lipinski definition) is 0. The second kappa shape index (κ2) is 6.82. The maximum Gasteiger partial charge on any atom is 0.428 e. The van der Waals surface area contributed by atoms with E-state index >= 15 is 0 Å². The molecule has 0 aliphatic carbocycles. The van der Waals surface area contributed by atoms with Gasteiger partial charge < -0.3 is 0 Å². The first-order valence-electron chi connectivity index (χ1n) is 5.38. The molecule has 0 N–H and O–H groups in total. The number of hydrogen-bond acceptors (Lipinski definition) is 0. The van der Waals surface area contributed by atoms with E-state index in [2.05, 4.69) is 0 Å². The Morgan fingerprint density at radius 3 is 1.57 bits per heavy atom. The Labute approximate surface area is 111 Å². The van der Waals surface area contributed by atoms with Gasteiger partial charge in [0.2, 0.25) is 0 Å². The van der Waals surface area contributed by atoms with Crippen LogP contribution in [0.5, 0.6) is 0 Å². The molecule has 1 atom stereocenters. The number of halogens is 11. The van der Waals surface area contributed by atoms with Crippen LogP contribution in [0.25, 0.3) is 0 Å². The van der Waals surface area contributed by atoms with Crippen LogP contribution in [0.15, 0.2) is 11.7 Å². The SMILES string of the molecule is FC(F)=C(CCCCC(F)(C(F)F)C(F)(F)F)C(F)(F)F. The van der Waals surface area contributed by atoms with Gasteiger partial charge in [0.25, 0.3) is 18.2 Å². The molecule has 0 aliphatic rings. The van der Waals surface area contributed by atoms with Crippen molar-refractivity contribution in [2.45, 2.75) is 50.1 Å². The molecule has 0 nitrogen and oxygen atoms in total. The van der Waals surface area contributed by atoms with E-state index in [4.69, 9.17) is 0 Å². The predicted octanol–water partition coefficient (Wildman–Crippen LogP) is 5.80. The van der Waals surface area contributed by atoms with Crippen LogP contribution in [0.2, 0.25) is 0 Å². The summed E-state index contributed by atoms with van der Waals surface area (Å²) in [6.07, 6.45) is -24.0. The van der Waals surface area contributed by atoms with Crippen molar-refractivity contribution in [3.05, 3.63) is 11.7 Å². The Hall–Kier alpha value is -1.03. The van der Waals surface area contributed by atoms with Crippen LogP contribution in [-0.2, 0) is 0 Å². The molecule has 0 saturated heterocycles. The molecule has 0 rings (SSSR count). The summed E-state index contributed by atoms with van der Waals surface area (Å²) in [6, 6.07) is 0. The fourth-order valence-corrected chi connectivity index (χ4v) is 1.40. The molecular formula is C10H9F11. The third kappa shape index (κ3) is 5.34. The topological polar surface area (TPSA) is 0 Å². The summed E-state index contributed by atoms with van der Waals surface area (Å²) in [5.74, 6) is 0. The molecule has 126 valence electrons. The van der Waals surface area contributed by atoms with Crippen molar-refractivity contribution >= 4 is 0 Å². The summed E-state index contributed by atoms with van der Waals surface area (Å²) in [7, 11) is 0. The summed E-state index contributed by atoms with van der Waals surface area (Å²) < 4.78 is 134. The lowest BCUT2D eigenvalue weighted by Gasteiger charge is -2.27. The van der Waals surface area contributed by atoms with Crippen LogP contribution in [0.4, 0.5) is 48.3 Å². The zero-order valence-electron chi connectivity index (χ0n) is 10.1. The summed E-state index contributed by atoms with van der Waals surface area (Å²) in [4.78, 5) is 0. The minimum Gasteiger partial charge on any atom is -0.227 e. The van der Waals surface area contributed by atoms with E-state index < -0.39 is 61.8 Å². The van der Waals surface area contributed by atoms with Crippen LogP contribution in [0.3, 0.4) is 0 Å². The van der Waals surface area contributed by atoms with Gasteiger partial charge in [-0.1, -0.05) is 0 Å². The van der Waals surface area contributed by atoms with Crippen LogP contribution in [-0.4, -0.2) is 24.4 Å². The van der Waals surface area contributed by atoms with Gasteiger partial charge in [0, 0.05) is 0 Å². The monoisotopic (exact) mass is 338 g/mol. The lowest BCUT2D eigenvalue weighted by Crippen LogP contribution is -2.47. The number of alkyl halides is 9. The number of allylic oxidation sites excluding steroid dienone is 1. The van der Waals surface area contributed by atoms with Gasteiger partial charge in [0.1, 0.15) is 0 Å². The molecule has 1 unspecified atom stereocenters. The van der Waals surface area contributed by atoms with E-state index in [9.17, 15) is 48.3 Å². The van der Waals surface area contributed by atoms with Crippen molar-refractivity contribution in [2.24, 2.45) is 0 Å². The number of unbranched alkanes of at least 4 members (excludes halogenated alkanes) is 1. The summed E-state index contributed by atoms with van der Waals surface area (Å²) >= 11 is 0. The van der Waals surface area contributed by atoms with E-state index in [1.54, 1.807) is 0 Å². The third-order valence-electron chi connectivity index (χ3n) is 2.60. The first kappa shape index (κ1) is 20.0. The molecule has 11 heteroatoms. The Kier molecular flexibility index (Phi) is 6.49. The fourth-order valence-electron chi connectivity index (χ4n) is 1.40. The van der Waals surface area contributed by atoms with Crippen molar-refractivity contribution in [3.63, 3.8) is 0 Å². The molecule has 0 fully saturated rings. The average molecular weight is 338 g/mol. The molecular weight excluding hydrogens is 329 g/mol. The fraction of sp³-hybridized carbons (Fsp3) is 0.800. The zero-order chi connectivity index (χ0) is 17.1. The molecule has 0 radical (unpaired) electrons. The van der Waals surface area contributed by atoms with Gasteiger partial charge in [-0.15, -0.1) is 0 Å². The highest BCUT2D eigenvalue weighted by Gasteiger charge is 2.61. The van der Waals surface area contributed by atoms with Crippen LogP contribution in [0, 0.1) is 0 Å². The molecule has 0 aromatic rings. The summed E-state index contributed by atoms with van der Waals surface area (Å²) in [6.45, 7) is 0. The molecule has 0 spiro atoms. The summed E-state index contributed by atoms with van der Waals surface area (Å²) in [5, 5.41) is 0. The van der Waals surface area contributed by atoms with E-state index in [1.165, 1.54) is 0 Å². The lowest BCUT2D eigenvalue weighted by molar-refractivity contribution is -0.270. The molecule has 0 bridgehead atoms. The molecule has 0 aromatic heterocycles. The first-order valence-corrected chi connectivity index (χ1v) is 5.38. The molecule has 0 amide bonds. The second-order valence-corrected chi connectivity index (χ2v) is 4.10.